The number of methoxy groups -OCH3 is 2. The maximum absolute atomic E-state index is 15.0. The van der Waals surface area contributed by atoms with Crippen LogP contribution in [0.15, 0.2) is 40.2 Å². The van der Waals surface area contributed by atoms with Crippen molar-refractivity contribution in [3.05, 3.63) is 46.6 Å². The Balaban J connectivity index is 1.52. The van der Waals surface area contributed by atoms with Gasteiger partial charge in [-0.2, -0.15) is 18.2 Å². The van der Waals surface area contributed by atoms with Gasteiger partial charge in [-0.3, -0.25) is 19.0 Å². The minimum Gasteiger partial charge on any atom is -0.383 e. The third-order valence-corrected chi connectivity index (χ3v) is 9.57. The van der Waals surface area contributed by atoms with E-state index in [1.165, 1.54) is 22.9 Å². The summed E-state index contributed by atoms with van der Waals surface area (Å²) in [6, 6.07) is 4.97. The quantitative estimate of drug-likeness (QED) is 0.158. The van der Waals surface area contributed by atoms with Gasteiger partial charge in [0, 0.05) is 62.8 Å². The molecule has 2 aromatic heterocycles. The zero-order valence-corrected chi connectivity index (χ0v) is 28.3. The fourth-order valence-corrected chi connectivity index (χ4v) is 6.88. The van der Waals surface area contributed by atoms with Gasteiger partial charge in [-0.25, -0.2) is 22.8 Å². The van der Waals surface area contributed by atoms with Gasteiger partial charge in [-0.05, 0) is 69.2 Å². The normalized spacial score (nSPS) is 17.6. The fraction of sp³-hybridized carbons (Fsp3) is 0.562. The van der Waals surface area contributed by atoms with Crippen molar-refractivity contribution in [2.45, 2.75) is 64.2 Å². The van der Waals surface area contributed by atoms with E-state index in [2.05, 4.69) is 19.9 Å². The fourth-order valence-electron chi connectivity index (χ4n) is 5.78. The molecule has 1 saturated carbocycles. The first-order valence-electron chi connectivity index (χ1n) is 15.8. The SMILES string of the molecule is COCCN(CCOC)C1CCC(C=Nc2ncc3cc(-c4ccc(NS(=O)(=O)CCC(F)(F)F)c(F)c4)c(=O)n(C(C)C)c3n2)CC1. The van der Waals surface area contributed by atoms with Crippen LogP contribution >= 0.6 is 0 Å². The molecule has 0 spiro atoms. The second kappa shape index (κ2) is 16.3. The number of nitrogens with zero attached hydrogens (tertiary/aromatic N) is 5. The summed E-state index contributed by atoms with van der Waals surface area (Å²) in [6.07, 6.45) is 1.11. The van der Waals surface area contributed by atoms with Crippen LogP contribution in [0.3, 0.4) is 0 Å². The summed E-state index contributed by atoms with van der Waals surface area (Å²) in [5.41, 5.74) is -0.379. The topological polar surface area (TPSA) is 128 Å². The predicted octanol–water partition coefficient (Wildman–Crippen LogP) is 5.73. The molecular weight excluding hydrogens is 656 g/mol. The molecule has 16 heteroatoms. The van der Waals surface area contributed by atoms with Crippen molar-refractivity contribution in [2.24, 2.45) is 10.9 Å². The molecule has 4 rings (SSSR count). The summed E-state index contributed by atoms with van der Waals surface area (Å²) in [4.78, 5) is 29.6. The Morgan fingerprint density at radius 2 is 1.77 bits per heavy atom. The standard InChI is InChI=1S/C32H42F4N6O5S/c1-21(2)42-29-24(17-26(30(42)43)23-7-10-28(27(33)18-23)40-48(44,45)16-11-32(34,35)36)20-38-31(39-29)37-19-22-5-8-25(9-6-22)41(12-14-46-3)13-15-47-4/h7,10,17-22,25,40H,5-6,8-9,11-16H2,1-4H3. The van der Waals surface area contributed by atoms with Gasteiger partial charge in [-0.1, -0.05) is 6.07 Å². The van der Waals surface area contributed by atoms with Gasteiger partial charge in [0.05, 0.1) is 31.1 Å². The highest BCUT2D eigenvalue weighted by atomic mass is 32.2. The number of halogens is 4. The van der Waals surface area contributed by atoms with Crippen molar-refractivity contribution in [3.8, 4) is 11.1 Å². The van der Waals surface area contributed by atoms with E-state index < -0.39 is 45.4 Å². The van der Waals surface area contributed by atoms with Crippen molar-refractivity contribution in [3.63, 3.8) is 0 Å². The van der Waals surface area contributed by atoms with E-state index in [4.69, 9.17) is 9.47 Å². The molecule has 1 N–H and O–H groups in total. The molecule has 0 saturated heterocycles. The summed E-state index contributed by atoms with van der Waals surface area (Å²) in [6.45, 7) is 6.63. The molecule has 1 fully saturated rings. The summed E-state index contributed by atoms with van der Waals surface area (Å²) < 4.78 is 90.5. The molecule has 1 aliphatic carbocycles. The van der Waals surface area contributed by atoms with Crippen LogP contribution in [-0.4, -0.2) is 92.6 Å². The molecule has 0 atom stereocenters. The van der Waals surface area contributed by atoms with Crippen LogP contribution in [0, 0.1) is 11.7 Å². The molecule has 3 aromatic rings. The number of hydrogen-bond donors (Lipinski definition) is 1. The first kappa shape index (κ1) is 37.4. The zero-order valence-electron chi connectivity index (χ0n) is 27.5. The largest absolute Gasteiger partial charge is 0.390 e. The van der Waals surface area contributed by atoms with Gasteiger partial charge in [0.15, 0.2) is 0 Å². The van der Waals surface area contributed by atoms with Crippen LogP contribution in [0.5, 0.6) is 0 Å². The van der Waals surface area contributed by atoms with Gasteiger partial charge in [0.25, 0.3) is 11.5 Å². The summed E-state index contributed by atoms with van der Waals surface area (Å²) >= 11 is 0. The lowest BCUT2D eigenvalue weighted by Crippen LogP contribution is -2.42. The number of hydrogen-bond acceptors (Lipinski definition) is 9. The molecular formula is C32H42F4N6O5S. The number of benzene rings is 1. The number of rotatable bonds is 15. The average molecular weight is 699 g/mol. The van der Waals surface area contributed by atoms with Gasteiger partial charge in [-0.15, -0.1) is 0 Å². The van der Waals surface area contributed by atoms with Crippen molar-refractivity contribution >= 4 is 38.9 Å². The number of nitrogens with one attached hydrogen (secondary N) is 1. The number of ether oxygens (including phenoxy) is 2. The first-order valence-corrected chi connectivity index (χ1v) is 17.4. The number of sulfonamides is 1. The second-order valence-corrected chi connectivity index (χ2v) is 14.0. The lowest BCUT2D eigenvalue weighted by molar-refractivity contribution is -0.129. The second-order valence-electron chi connectivity index (χ2n) is 12.1. The lowest BCUT2D eigenvalue weighted by atomic mass is 9.86. The highest BCUT2D eigenvalue weighted by molar-refractivity contribution is 7.92. The summed E-state index contributed by atoms with van der Waals surface area (Å²) in [5.74, 6) is -1.83. The Kier molecular flexibility index (Phi) is 12.7. The highest BCUT2D eigenvalue weighted by Gasteiger charge is 2.30. The molecule has 0 amide bonds. The number of pyridine rings is 1. The minimum atomic E-state index is -4.68. The molecule has 0 radical (unpaired) electrons. The van der Waals surface area contributed by atoms with Crippen molar-refractivity contribution in [2.75, 3.05) is 51.0 Å². The Labute approximate surface area is 277 Å². The van der Waals surface area contributed by atoms with Crippen molar-refractivity contribution in [1.82, 2.24) is 19.4 Å². The molecule has 0 bridgehead atoms. The molecule has 48 heavy (non-hydrogen) atoms. The molecule has 0 unspecified atom stereocenters. The van der Waals surface area contributed by atoms with E-state index in [0.717, 1.165) is 50.9 Å². The van der Waals surface area contributed by atoms with E-state index >= 15 is 0 Å². The van der Waals surface area contributed by atoms with E-state index in [1.54, 1.807) is 28.1 Å². The van der Waals surface area contributed by atoms with Gasteiger partial charge >= 0.3 is 6.18 Å². The third kappa shape index (κ3) is 10.0. The molecule has 264 valence electrons. The van der Waals surface area contributed by atoms with Crippen LogP contribution < -0.4 is 10.3 Å². The van der Waals surface area contributed by atoms with Crippen LogP contribution in [0.25, 0.3) is 22.2 Å². The maximum atomic E-state index is 15.0. The monoisotopic (exact) mass is 698 g/mol. The summed E-state index contributed by atoms with van der Waals surface area (Å²) in [5, 5.41) is 0.502. The molecule has 0 aliphatic heterocycles. The van der Waals surface area contributed by atoms with E-state index in [-0.39, 0.29) is 29.0 Å². The van der Waals surface area contributed by atoms with E-state index in [9.17, 15) is 30.8 Å². The van der Waals surface area contributed by atoms with Gasteiger partial charge in [0.1, 0.15) is 11.5 Å². The number of fused-ring (bicyclic) bond motifs is 1. The predicted molar refractivity (Wildman–Crippen MR) is 177 cm³/mol. The Hall–Kier alpha value is -3.47. The van der Waals surface area contributed by atoms with Crippen LogP contribution in [0.1, 0.15) is 52.0 Å². The summed E-state index contributed by atoms with van der Waals surface area (Å²) in [7, 11) is -1.07. The van der Waals surface area contributed by atoms with Crippen LogP contribution in [0.2, 0.25) is 0 Å². The van der Waals surface area contributed by atoms with Crippen LogP contribution in [-0.2, 0) is 19.5 Å². The van der Waals surface area contributed by atoms with Gasteiger partial charge < -0.3 is 9.47 Å². The minimum absolute atomic E-state index is 0.114. The molecule has 2 heterocycles. The number of alkyl halides is 3. The average Bonchev–Trinajstić information content (AvgIpc) is 3.03. The smallest absolute Gasteiger partial charge is 0.383 e. The van der Waals surface area contributed by atoms with Crippen molar-refractivity contribution < 1.29 is 35.5 Å². The third-order valence-electron chi connectivity index (χ3n) is 8.30. The Morgan fingerprint density at radius 3 is 2.35 bits per heavy atom. The van der Waals surface area contributed by atoms with Gasteiger partial charge in [0.2, 0.25) is 10.0 Å². The molecule has 1 aliphatic rings. The van der Waals surface area contributed by atoms with Crippen molar-refractivity contribution in [1.29, 1.82) is 0 Å². The first-order chi connectivity index (χ1) is 22.7. The molecule has 11 nitrogen and oxygen atoms in total. The number of anilines is 1. The lowest BCUT2D eigenvalue weighted by Gasteiger charge is -2.36. The number of aliphatic imine (C=N–C) groups is 1. The Morgan fingerprint density at radius 1 is 1.10 bits per heavy atom. The highest BCUT2D eigenvalue weighted by Crippen LogP contribution is 2.29. The zero-order chi connectivity index (χ0) is 35.1. The van der Waals surface area contributed by atoms with E-state index in [0.29, 0.717) is 30.3 Å². The maximum Gasteiger partial charge on any atom is 0.390 e. The molecule has 1 aromatic carbocycles. The van der Waals surface area contributed by atoms with E-state index in [1.807, 2.05) is 10.9 Å². The Bertz CT molecular complexity index is 1730. The number of aromatic nitrogens is 3. The van der Waals surface area contributed by atoms with Crippen LogP contribution in [0.4, 0.5) is 29.2 Å².